The second-order valence-corrected chi connectivity index (χ2v) is 9.44. The Bertz CT molecular complexity index is 1250. The summed E-state index contributed by atoms with van der Waals surface area (Å²) in [5.41, 5.74) is 14.3. The zero-order valence-corrected chi connectivity index (χ0v) is 19.3. The van der Waals surface area contributed by atoms with Crippen LogP contribution in [0.2, 0.25) is 0 Å². The molecule has 0 aliphatic heterocycles. The van der Waals surface area contributed by atoms with Crippen molar-refractivity contribution in [2.75, 3.05) is 0 Å². The average Bonchev–Trinajstić information content (AvgIpc) is 3.23. The predicted octanol–water partition coefficient (Wildman–Crippen LogP) is 5.40. The molecule has 5 heteroatoms. The lowest BCUT2D eigenvalue weighted by molar-refractivity contribution is 0.476. The van der Waals surface area contributed by atoms with E-state index in [-0.39, 0.29) is 11.9 Å². The van der Waals surface area contributed by atoms with E-state index in [1.165, 1.54) is 45.5 Å². The highest BCUT2D eigenvalue weighted by Crippen LogP contribution is 2.47. The summed E-state index contributed by atoms with van der Waals surface area (Å²) >= 11 is 0. The highest BCUT2D eigenvalue weighted by Gasteiger charge is 2.44. The Morgan fingerprint density at radius 2 is 1.48 bits per heavy atom. The van der Waals surface area contributed by atoms with E-state index in [0.29, 0.717) is 12.2 Å². The van der Waals surface area contributed by atoms with Crippen LogP contribution in [0, 0.1) is 19.7 Å². The number of benzene rings is 3. The van der Waals surface area contributed by atoms with Gasteiger partial charge in [-0.05, 0) is 86.6 Å². The zero-order chi connectivity index (χ0) is 23.2. The Labute approximate surface area is 194 Å². The van der Waals surface area contributed by atoms with Crippen LogP contribution < -0.4 is 5.73 Å². The fourth-order valence-corrected chi connectivity index (χ4v) is 5.35. The van der Waals surface area contributed by atoms with E-state index in [4.69, 9.17) is 10.8 Å². The van der Waals surface area contributed by atoms with Crippen LogP contribution in [-0.2, 0) is 18.3 Å². The molecule has 33 heavy (non-hydrogen) atoms. The van der Waals surface area contributed by atoms with Crippen LogP contribution in [0.25, 0.3) is 11.4 Å². The van der Waals surface area contributed by atoms with E-state index in [0.717, 1.165) is 24.2 Å². The topological polar surface area (TPSA) is 67.6 Å². The second kappa shape index (κ2) is 8.23. The summed E-state index contributed by atoms with van der Waals surface area (Å²) in [6.45, 7) is 6.32. The number of aromatic nitrogens is 3. The van der Waals surface area contributed by atoms with Gasteiger partial charge in [0.25, 0.3) is 0 Å². The van der Waals surface area contributed by atoms with Gasteiger partial charge in [0.05, 0.1) is 5.41 Å². The summed E-state index contributed by atoms with van der Waals surface area (Å²) in [6.07, 6.45) is 2.62. The Kier molecular flexibility index (Phi) is 5.37. The molecule has 5 rings (SSSR count). The van der Waals surface area contributed by atoms with Gasteiger partial charge in [-0.1, -0.05) is 47.5 Å². The van der Waals surface area contributed by atoms with Gasteiger partial charge in [0.1, 0.15) is 11.6 Å². The van der Waals surface area contributed by atoms with Gasteiger partial charge in [-0.3, -0.25) is 0 Å². The number of halogens is 1. The average molecular weight is 441 g/mol. The van der Waals surface area contributed by atoms with Crippen LogP contribution in [0.15, 0.2) is 60.7 Å². The van der Waals surface area contributed by atoms with Crippen LogP contribution in [0.1, 0.15) is 52.5 Å². The quantitative estimate of drug-likeness (QED) is 0.447. The lowest BCUT2D eigenvalue weighted by atomic mass is 9.68. The fraction of sp³-hybridized carbons (Fsp3) is 0.286. The van der Waals surface area contributed by atoms with Crippen molar-refractivity contribution >= 4 is 0 Å². The van der Waals surface area contributed by atoms with E-state index < -0.39 is 5.41 Å². The third-order valence-corrected chi connectivity index (χ3v) is 6.74. The molecule has 4 nitrogen and oxygen atoms in total. The maximum atomic E-state index is 13.5. The lowest BCUT2D eigenvalue weighted by Gasteiger charge is -2.36. The molecule has 3 aromatic carbocycles. The molecular formula is C28H29FN4. The van der Waals surface area contributed by atoms with Crippen molar-refractivity contribution in [3.05, 3.63) is 106 Å². The molecule has 1 aliphatic carbocycles. The number of aryl methyl sites for hydroxylation is 4. The van der Waals surface area contributed by atoms with Gasteiger partial charge in [-0.2, -0.15) is 0 Å². The van der Waals surface area contributed by atoms with Gasteiger partial charge < -0.3 is 10.7 Å². The Morgan fingerprint density at radius 1 is 0.909 bits per heavy atom. The zero-order valence-electron chi connectivity index (χ0n) is 19.3. The van der Waals surface area contributed by atoms with Gasteiger partial charge in [0.15, 0.2) is 5.82 Å². The van der Waals surface area contributed by atoms with Crippen molar-refractivity contribution in [3.63, 3.8) is 0 Å². The van der Waals surface area contributed by atoms with Crippen molar-refractivity contribution in [2.24, 2.45) is 5.73 Å². The maximum absolute atomic E-state index is 13.5. The molecule has 0 radical (unpaired) electrons. The van der Waals surface area contributed by atoms with Crippen LogP contribution in [0.4, 0.5) is 4.39 Å². The first kappa shape index (κ1) is 21.5. The minimum absolute atomic E-state index is 0.0641. The lowest BCUT2D eigenvalue weighted by Crippen LogP contribution is -2.38. The van der Waals surface area contributed by atoms with Crippen molar-refractivity contribution in [3.8, 4) is 11.4 Å². The minimum atomic E-state index is -0.554. The van der Waals surface area contributed by atoms with Crippen molar-refractivity contribution in [1.29, 1.82) is 0 Å². The molecule has 1 aromatic heterocycles. The molecule has 3 N–H and O–H groups in total. The minimum Gasteiger partial charge on any atom is -0.328 e. The molecule has 4 aromatic rings. The molecule has 1 atom stereocenters. The number of aromatic amines is 1. The third-order valence-electron chi connectivity index (χ3n) is 6.74. The molecule has 0 spiro atoms. The van der Waals surface area contributed by atoms with Crippen molar-refractivity contribution in [2.45, 2.75) is 51.5 Å². The third kappa shape index (κ3) is 3.76. The number of hydrogen-bond donors (Lipinski definition) is 2. The summed E-state index contributed by atoms with van der Waals surface area (Å²) in [5, 5.41) is 9.18. The summed E-state index contributed by atoms with van der Waals surface area (Å²) in [5.74, 6) is 1.13. The number of H-pyrrole nitrogens is 1. The fourth-order valence-electron chi connectivity index (χ4n) is 5.35. The van der Waals surface area contributed by atoms with Gasteiger partial charge in [-0.15, -0.1) is 10.2 Å². The summed E-state index contributed by atoms with van der Waals surface area (Å²) in [7, 11) is 0. The van der Waals surface area contributed by atoms with E-state index in [2.05, 4.69) is 60.3 Å². The molecule has 0 amide bonds. The summed E-state index contributed by atoms with van der Waals surface area (Å²) in [6, 6.07) is 19.7. The molecule has 0 saturated carbocycles. The molecule has 0 bridgehead atoms. The largest absolute Gasteiger partial charge is 0.328 e. The number of rotatable bonds is 4. The number of nitrogens with two attached hydrogens (primary N) is 1. The van der Waals surface area contributed by atoms with Crippen LogP contribution in [0.3, 0.4) is 0 Å². The van der Waals surface area contributed by atoms with Gasteiger partial charge in [-0.25, -0.2) is 4.39 Å². The van der Waals surface area contributed by atoms with E-state index >= 15 is 0 Å². The van der Waals surface area contributed by atoms with E-state index in [1.54, 1.807) is 12.1 Å². The molecular weight excluding hydrogens is 411 g/mol. The first-order valence-corrected chi connectivity index (χ1v) is 11.5. The van der Waals surface area contributed by atoms with Crippen LogP contribution in [-0.4, -0.2) is 21.2 Å². The Hall–Kier alpha value is -3.31. The Balaban J connectivity index is 1.80. The molecule has 1 aliphatic rings. The Morgan fingerprint density at radius 3 is 2.03 bits per heavy atom. The number of hydrogen-bond acceptors (Lipinski definition) is 3. The molecule has 1 heterocycles. The molecule has 168 valence electrons. The van der Waals surface area contributed by atoms with Gasteiger partial charge in [0, 0.05) is 11.6 Å². The highest BCUT2D eigenvalue weighted by molar-refractivity contribution is 5.59. The highest BCUT2D eigenvalue weighted by atomic mass is 19.1. The van der Waals surface area contributed by atoms with Crippen LogP contribution >= 0.6 is 0 Å². The monoisotopic (exact) mass is 440 g/mol. The van der Waals surface area contributed by atoms with Gasteiger partial charge in [0.2, 0.25) is 0 Å². The molecule has 0 unspecified atom stereocenters. The summed E-state index contributed by atoms with van der Waals surface area (Å²) in [4.78, 5) is 3.50. The smallest absolute Gasteiger partial charge is 0.161 e. The standard InChI is InChI=1S/C28H29FN4/c1-17-4-12-24-21(14-17)6-7-22-15-18(2)5-13-25(22)28(24,16-19(3)30)27-31-26(32-33-27)20-8-10-23(29)11-9-20/h4-5,8-15,19H,6-7,16,30H2,1-3H3,(H,31,32,33)/t19-/m0/s1. The first-order chi connectivity index (χ1) is 15.9. The van der Waals surface area contributed by atoms with Crippen molar-refractivity contribution in [1.82, 2.24) is 15.2 Å². The number of nitrogens with one attached hydrogen (secondary N) is 1. The maximum Gasteiger partial charge on any atom is 0.161 e. The van der Waals surface area contributed by atoms with Crippen molar-refractivity contribution < 1.29 is 4.39 Å². The predicted molar refractivity (Wildman–Crippen MR) is 130 cm³/mol. The number of fused-ring (bicyclic) bond motifs is 2. The van der Waals surface area contributed by atoms with Crippen LogP contribution in [0.5, 0.6) is 0 Å². The molecule has 0 fully saturated rings. The molecule has 0 saturated heterocycles. The van der Waals surface area contributed by atoms with E-state index in [1.807, 2.05) is 6.92 Å². The van der Waals surface area contributed by atoms with E-state index in [9.17, 15) is 4.39 Å². The normalized spacial score (nSPS) is 15.4. The van der Waals surface area contributed by atoms with Gasteiger partial charge >= 0.3 is 0 Å². The number of nitrogens with zero attached hydrogens (tertiary/aromatic N) is 2. The first-order valence-electron chi connectivity index (χ1n) is 11.5. The summed E-state index contributed by atoms with van der Waals surface area (Å²) < 4.78 is 13.5. The SMILES string of the molecule is Cc1ccc2c(c1)CCc1cc(C)ccc1C2(C[C@H](C)N)c1nnc(-c2ccc(F)cc2)[nH]1. The second-order valence-electron chi connectivity index (χ2n) is 9.44.